The van der Waals surface area contributed by atoms with Crippen LogP contribution in [-0.4, -0.2) is 45.2 Å². The first-order valence-electron chi connectivity index (χ1n) is 8.40. The van der Waals surface area contributed by atoms with Gasteiger partial charge in [-0.15, -0.1) is 0 Å². The summed E-state index contributed by atoms with van der Waals surface area (Å²) in [6.45, 7) is 5.63. The number of hydrogen-bond acceptors (Lipinski definition) is 7. The second-order valence-electron chi connectivity index (χ2n) is 6.25. The minimum atomic E-state index is 0.135. The van der Waals surface area contributed by atoms with Gasteiger partial charge in [-0.3, -0.25) is 0 Å². The number of anilines is 3. The quantitative estimate of drug-likeness (QED) is 0.788. The standard InChI is InChI=1S/C18H20N6O/c1-12-10-24(11-13(2)25-12)18-22-16-15(19-8-9-20-16)17(23-18)21-14-6-4-3-5-7-14/h3-9,12-13H,10-11H2,1-2H3,(H,20,21,22,23)/t12-,13+. The monoisotopic (exact) mass is 336 g/mol. The first-order chi connectivity index (χ1) is 12.2. The zero-order chi connectivity index (χ0) is 17.2. The highest BCUT2D eigenvalue weighted by Gasteiger charge is 2.25. The van der Waals surface area contributed by atoms with E-state index in [2.05, 4.69) is 39.0 Å². The summed E-state index contributed by atoms with van der Waals surface area (Å²) in [4.78, 5) is 20.3. The summed E-state index contributed by atoms with van der Waals surface area (Å²) < 4.78 is 5.81. The van der Waals surface area contributed by atoms with Crippen molar-refractivity contribution in [1.82, 2.24) is 19.9 Å². The van der Waals surface area contributed by atoms with Gasteiger partial charge >= 0.3 is 0 Å². The molecular weight excluding hydrogens is 316 g/mol. The average Bonchev–Trinajstić information content (AvgIpc) is 2.62. The zero-order valence-electron chi connectivity index (χ0n) is 14.3. The number of nitrogens with one attached hydrogen (secondary N) is 1. The van der Waals surface area contributed by atoms with Crippen LogP contribution in [0.25, 0.3) is 11.2 Å². The molecule has 128 valence electrons. The first-order valence-corrected chi connectivity index (χ1v) is 8.40. The Kier molecular flexibility index (Phi) is 4.15. The van der Waals surface area contributed by atoms with Gasteiger partial charge in [0.2, 0.25) is 5.95 Å². The van der Waals surface area contributed by atoms with Crippen LogP contribution in [0.2, 0.25) is 0 Å². The summed E-state index contributed by atoms with van der Waals surface area (Å²) in [7, 11) is 0. The number of nitrogens with zero attached hydrogens (tertiary/aromatic N) is 5. The van der Waals surface area contributed by atoms with Crippen LogP contribution in [0.15, 0.2) is 42.7 Å². The van der Waals surface area contributed by atoms with Crippen LogP contribution in [0.4, 0.5) is 17.5 Å². The SMILES string of the molecule is C[C@@H]1CN(c2nc(Nc3ccccc3)c3nccnc3n2)C[C@H](C)O1. The van der Waals surface area contributed by atoms with E-state index in [1.54, 1.807) is 12.4 Å². The van der Waals surface area contributed by atoms with Crippen LogP contribution in [-0.2, 0) is 4.74 Å². The summed E-state index contributed by atoms with van der Waals surface area (Å²) in [5.41, 5.74) is 2.19. The molecule has 0 unspecified atom stereocenters. The average molecular weight is 336 g/mol. The molecule has 2 atom stereocenters. The van der Waals surface area contributed by atoms with Gasteiger partial charge in [-0.05, 0) is 26.0 Å². The fourth-order valence-corrected chi connectivity index (χ4v) is 3.08. The molecule has 1 aliphatic heterocycles. The van der Waals surface area contributed by atoms with Gasteiger partial charge in [0.1, 0.15) is 0 Å². The molecule has 0 spiro atoms. The molecule has 0 aliphatic carbocycles. The highest BCUT2D eigenvalue weighted by atomic mass is 16.5. The Hall–Kier alpha value is -2.80. The number of aromatic nitrogens is 4. The lowest BCUT2D eigenvalue weighted by Crippen LogP contribution is -2.46. The second-order valence-corrected chi connectivity index (χ2v) is 6.25. The molecular formula is C18H20N6O. The van der Waals surface area contributed by atoms with Crippen LogP contribution in [0.5, 0.6) is 0 Å². The summed E-state index contributed by atoms with van der Waals surface area (Å²) >= 11 is 0. The smallest absolute Gasteiger partial charge is 0.229 e. The van der Waals surface area contributed by atoms with Crippen LogP contribution in [0.3, 0.4) is 0 Å². The number of benzene rings is 1. The van der Waals surface area contributed by atoms with E-state index in [4.69, 9.17) is 9.72 Å². The van der Waals surface area contributed by atoms with Crippen LogP contribution in [0.1, 0.15) is 13.8 Å². The molecule has 1 fully saturated rings. The van der Waals surface area contributed by atoms with Crippen molar-refractivity contribution in [3.05, 3.63) is 42.7 Å². The van der Waals surface area contributed by atoms with E-state index in [0.717, 1.165) is 18.8 Å². The second kappa shape index (κ2) is 6.60. The molecule has 0 amide bonds. The maximum Gasteiger partial charge on any atom is 0.229 e. The molecule has 25 heavy (non-hydrogen) atoms. The molecule has 1 N–H and O–H groups in total. The Bertz CT molecular complexity index is 862. The van der Waals surface area contributed by atoms with Gasteiger partial charge in [0.05, 0.1) is 12.2 Å². The molecule has 0 saturated carbocycles. The van der Waals surface area contributed by atoms with E-state index < -0.39 is 0 Å². The Morgan fingerprint density at radius 2 is 1.72 bits per heavy atom. The van der Waals surface area contributed by atoms with E-state index in [1.807, 2.05) is 30.3 Å². The summed E-state index contributed by atoms with van der Waals surface area (Å²) in [5.74, 6) is 1.31. The fraction of sp³-hybridized carbons (Fsp3) is 0.333. The van der Waals surface area contributed by atoms with Crippen molar-refractivity contribution in [3.63, 3.8) is 0 Å². The van der Waals surface area contributed by atoms with Crippen LogP contribution in [0, 0.1) is 0 Å². The summed E-state index contributed by atoms with van der Waals surface area (Å²) in [6.07, 6.45) is 3.57. The van der Waals surface area contributed by atoms with Crippen molar-refractivity contribution < 1.29 is 4.74 Å². The minimum Gasteiger partial charge on any atom is -0.372 e. The van der Waals surface area contributed by atoms with E-state index in [9.17, 15) is 0 Å². The molecule has 4 rings (SSSR count). The summed E-state index contributed by atoms with van der Waals surface area (Å²) in [5, 5.41) is 3.34. The summed E-state index contributed by atoms with van der Waals surface area (Å²) in [6, 6.07) is 9.91. The molecule has 0 radical (unpaired) electrons. The lowest BCUT2D eigenvalue weighted by Gasteiger charge is -2.35. The van der Waals surface area contributed by atoms with E-state index in [1.165, 1.54) is 0 Å². The van der Waals surface area contributed by atoms with Crippen molar-refractivity contribution >= 4 is 28.6 Å². The highest BCUT2D eigenvalue weighted by molar-refractivity contribution is 5.85. The van der Waals surface area contributed by atoms with Gasteiger partial charge in [0, 0.05) is 31.2 Å². The molecule has 3 heterocycles. The van der Waals surface area contributed by atoms with Crippen LogP contribution >= 0.6 is 0 Å². The third kappa shape index (κ3) is 3.36. The molecule has 2 aromatic heterocycles. The van der Waals surface area contributed by atoms with Gasteiger partial charge in [-0.2, -0.15) is 9.97 Å². The lowest BCUT2D eigenvalue weighted by molar-refractivity contribution is -0.00569. The van der Waals surface area contributed by atoms with Gasteiger partial charge < -0.3 is 15.0 Å². The molecule has 7 heteroatoms. The number of hydrogen-bond donors (Lipinski definition) is 1. The minimum absolute atomic E-state index is 0.135. The maximum atomic E-state index is 5.81. The predicted molar refractivity (Wildman–Crippen MR) is 97.1 cm³/mol. The Morgan fingerprint density at radius 1 is 1.00 bits per heavy atom. The number of fused-ring (bicyclic) bond motifs is 1. The Morgan fingerprint density at radius 3 is 2.48 bits per heavy atom. The molecule has 3 aromatic rings. The van der Waals surface area contributed by atoms with Gasteiger partial charge in [-0.1, -0.05) is 18.2 Å². The van der Waals surface area contributed by atoms with Crippen molar-refractivity contribution in [2.24, 2.45) is 0 Å². The molecule has 1 aliphatic rings. The third-order valence-electron chi connectivity index (χ3n) is 4.06. The lowest BCUT2D eigenvalue weighted by atomic mass is 10.2. The number of rotatable bonds is 3. The van der Waals surface area contributed by atoms with Crippen LogP contribution < -0.4 is 10.2 Å². The van der Waals surface area contributed by atoms with Gasteiger partial charge in [0.15, 0.2) is 17.0 Å². The first kappa shape index (κ1) is 15.7. The maximum absolute atomic E-state index is 5.81. The largest absolute Gasteiger partial charge is 0.372 e. The van der Waals surface area contributed by atoms with Crippen molar-refractivity contribution in [2.45, 2.75) is 26.1 Å². The molecule has 7 nitrogen and oxygen atoms in total. The number of morpholine rings is 1. The van der Waals surface area contributed by atoms with Crippen molar-refractivity contribution in [2.75, 3.05) is 23.3 Å². The molecule has 1 aromatic carbocycles. The van der Waals surface area contributed by atoms with E-state index >= 15 is 0 Å². The Balaban J connectivity index is 1.76. The predicted octanol–water partition coefficient (Wildman–Crippen LogP) is 2.78. The van der Waals surface area contributed by atoms with E-state index in [0.29, 0.717) is 22.9 Å². The van der Waals surface area contributed by atoms with Gasteiger partial charge in [0.25, 0.3) is 0 Å². The van der Waals surface area contributed by atoms with Gasteiger partial charge in [-0.25, -0.2) is 9.97 Å². The number of ether oxygens (including phenoxy) is 1. The zero-order valence-corrected chi connectivity index (χ0v) is 14.3. The van der Waals surface area contributed by atoms with Crippen molar-refractivity contribution in [1.29, 1.82) is 0 Å². The third-order valence-corrected chi connectivity index (χ3v) is 4.06. The number of para-hydroxylation sites is 1. The Labute approximate surface area is 146 Å². The highest BCUT2D eigenvalue weighted by Crippen LogP contribution is 2.25. The van der Waals surface area contributed by atoms with E-state index in [-0.39, 0.29) is 12.2 Å². The molecule has 1 saturated heterocycles. The fourth-order valence-electron chi connectivity index (χ4n) is 3.08. The van der Waals surface area contributed by atoms with Crippen molar-refractivity contribution in [3.8, 4) is 0 Å². The topological polar surface area (TPSA) is 76.1 Å². The normalized spacial score (nSPS) is 20.6. The molecule has 0 bridgehead atoms.